The van der Waals surface area contributed by atoms with Crippen LogP contribution in [0.4, 0.5) is 0 Å². The van der Waals surface area contributed by atoms with Gasteiger partial charge < -0.3 is 9.84 Å². The molecule has 0 amide bonds. The number of aryl methyl sites for hydroxylation is 2. The molecule has 5 nitrogen and oxygen atoms in total. The van der Waals surface area contributed by atoms with Crippen molar-refractivity contribution in [1.29, 1.82) is 0 Å². The molecule has 0 aliphatic rings. The number of ether oxygens (including phenoxy) is 1. The molecule has 0 fully saturated rings. The fourth-order valence-electron chi connectivity index (χ4n) is 1.88. The van der Waals surface area contributed by atoms with Gasteiger partial charge in [0.25, 0.3) is 0 Å². The summed E-state index contributed by atoms with van der Waals surface area (Å²) >= 11 is 0. The first-order valence-corrected chi connectivity index (χ1v) is 8.02. The largest absolute Gasteiger partial charge is 0.491 e. The molecule has 1 aromatic carbocycles. The number of benzene rings is 1. The third kappa shape index (κ3) is 7.00. The number of hydrogen-bond donors (Lipinski definition) is 2. The van der Waals surface area contributed by atoms with E-state index >= 15 is 0 Å². The van der Waals surface area contributed by atoms with Gasteiger partial charge in [0, 0.05) is 11.8 Å². The van der Waals surface area contributed by atoms with E-state index in [1.807, 2.05) is 38.1 Å². The summed E-state index contributed by atoms with van der Waals surface area (Å²) in [6.45, 7) is 8.22. The van der Waals surface area contributed by atoms with Gasteiger partial charge in [-0.1, -0.05) is 32.4 Å². The molecule has 0 saturated carbocycles. The number of nitrogens with one attached hydrogen (secondary N) is 2. The monoisotopic (exact) mass is 318 g/mol. The lowest BCUT2D eigenvalue weighted by Crippen LogP contribution is -2.27. The molecule has 2 aromatic rings. The predicted molar refractivity (Wildman–Crippen MR) is 93.3 cm³/mol. The molecule has 0 unspecified atom stereocenters. The number of aromatic amines is 2. The summed E-state index contributed by atoms with van der Waals surface area (Å²) in [5, 5.41) is 5.05. The summed E-state index contributed by atoms with van der Waals surface area (Å²) in [5.41, 5.74) is 0.730. The zero-order valence-electron chi connectivity index (χ0n) is 14.3. The fraction of sp³-hybridized carbons (Fsp3) is 0.444. The second-order valence-electron chi connectivity index (χ2n) is 5.63. The Morgan fingerprint density at radius 2 is 1.61 bits per heavy atom. The maximum Gasteiger partial charge on any atom is 0.310 e. The van der Waals surface area contributed by atoms with Crippen LogP contribution in [0.3, 0.4) is 0 Å². The van der Waals surface area contributed by atoms with Crippen LogP contribution in [0.25, 0.3) is 0 Å². The van der Waals surface area contributed by atoms with Gasteiger partial charge >= 0.3 is 5.56 Å². The van der Waals surface area contributed by atoms with Crippen molar-refractivity contribution in [1.82, 2.24) is 10.2 Å². The minimum absolute atomic E-state index is 0.159. The van der Waals surface area contributed by atoms with E-state index in [1.165, 1.54) is 12.5 Å². The SMILES string of the molecule is CC(C)Oc1ccc(CCc2cc(=O)c(=O)[nH][nH]2)cc1.CCC. The minimum atomic E-state index is -0.621. The van der Waals surface area contributed by atoms with E-state index in [-0.39, 0.29) is 6.10 Å². The molecular weight excluding hydrogens is 292 g/mol. The van der Waals surface area contributed by atoms with Crippen LogP contribution >= 0.6 is 0 Å². The summed E-state index contributed by atoms with van der Waals surface area (Å²) in [6.07, 6.45) is 2.85. The molecule has 0 saturated heterocycles. The average Bonchev–Trinajstić information content (AvgIpc) is 2.50. The number of rotatable bonds is 5. The van der Waals surface area contributed by atoms with Crippen LogP contribution in [0.15, 0.2) is 39.9 Å². The molecule has 0 radical (unpaired) electrons. The van der Waals surface area contributed by atoms with Gasteiger partial charge in [-0.2, -0.15) is 0 Å². The van der Waals surface area contributed by atoms with Gasteiger partial charge in [0.05, 0.1) is 6.10 Å². The van der Waals surface area contributed by atoms with Gasteiger partial charge in [-0.15, -0.1) is 0 Å². The Bertz CT molecular complexity index is 684. The van der Waals surface area contributed by atoms with Crippen molar-refractivity contribution < 1.29 is 4.74 Å². The molecule has 1 heterocycles. The van der Waals surface area contributed by atoms with Gasteiger partial charge in [0.15, 0.2) is 0 Å². The second kappa shape index (κ2) is 9.66. The molecule has 23 heavy (non-hydrogen) atoms. The predicted octanol–water partition coefficient (Wildman–Crippen LogP) is 3.05. The normalized spacial score (nSPS) is 10.1. The fourth-order valence-corrected chi connectivity index (χ4v) is 1.88. The van der Waals surface area contributed by atoms with Crippen LogP contribution in [-0.2, 0) is 12.8 Å². The maximum atomic E-state index is 11.2. The van der Waals surface area contributed by atoms with Crippen LogP contribution < -0.4 is 15.7 Å². The zero-order valence-corrected chi connectivity index (χ0v) is 14.3. The Hall–Kier alpha value is -2.30. The van der Waals surface area contributed by atoms with E-state index in [2.05, 4.69) is 24.0 Å². The topological polar surface area (TPSA) is 75.0 Å². The number of aromatic nitrogens is 2. The summed E-state index contributed by atoms with van der Waals surface area (Å²) in [5.74, 6) is 0.848. The van der Waals surface area contributed by atoms with E-state index in [0.717, 1.165) is 23.4 Å². The first-order chi connectivity index (χ1) is 11.0. The van der Waals surface area contributed by atoms with Gasteiger partial charge in [0.1, 0.15) is 5.75 Å². The summed E-state index contributed by atoms with van der Waals surface area (Å²) < 4.78 is 5.57. The molecule has 0 bridgehead atoms. The average molecular weight is 318 g/mol. The highest BCUT2D eigenvalue weighted by Gasteiger charge is 2.01. The Balaban J connectivity index is 0.000000816. The quantitative estimate of drug-likeness (QED) is 0.832. The van der Waals surface area contributed by atoms with Crippen molar-refractivity contribution in [2.45, 2.75) is 53.1 Å². The molecule has 0 aliphatic heterocycles. The highest BCUT2D eigenvalue weighted by atomic mass is 16.5. The molecule has 126 valence electrons. The maximum absolute atomic E-state index is 11.2. The Labute approximate surface area is 136 Å². The van der Waals surface area contributed by atoms with E-state index in [1.54, 1.807) is 0 Å². The van der Waals surface area contributed by atoms with Crippen molar-refractivity contribution in [3.63, 3.8) is 0 Å². The highest BCUT2D eigenvalue weighted by molar-refractivity contribution is 5.27. The van der Waals surface area contributed by atoms with Crippen molar-refractivity contribution in [3.05, 3.63) is 62.2 Å². The first kappa shape index (κ1) is 18.7. The van der Waals surface area contributed by atoms with E-state index in [0.29, 0.717) is 6.42 Å². The van der Waals surface area contributed by atoms with Crippen molar-refractivity contribution in [2.75, 3.05) is 0 Å². The summed E-state index contributed by atoms with van der Waals surface area (Å²) in [7, 11) is 0. The first-order valence-electron chi connectivity index (χ1n) is 8.02. The second-order valence-corrected chi connectivity index (χ2v) is 5.63. The van der Waals surface area contributed by atoms with Crippen LogP contribution in [0.1, 0.15) is 45.4 Å². The molecule has 1 aromatic heterocycles. The van der Waals surface area contributed by atoms with Gasteiger partial charge in [0.2, 0.25) is 5.43 Å². The Morgan fingerprint density at radius 3 is 2.13 bits per heavy atom. The van der Waals surface area contributed by atoms with E-state index < -0.39 is 11.0 Å². The van der Waals surface area contributed by atoms with Crippen molar-refractivity contribution in [3.8, 4) is 5.75 Å². The van der Waals surface area contributed by atoms with Crippen LogP contribution in [0.2, 0.25) is 0 Å². The molecule has 0 aliphatic carbocycles. The van der Waals surface area contributed by atoms with Gasteiger partial charge in [-0.25, -0.2) is 0 Å². The van der Waals surface area contributed by atoms with E-state index in [4.69, 9.17) is 4.74 Å². The molecule has 0 atom stereocenters. The zero-order chi connectivity index (χ0) is 17.2. The third-order valence-corrected chi connectivity index (χ3v) is 2.84. The number of H-pyrrole nitrogens is 2. The molecule has 5 heteroatoms. The lowest BCUT2D eigenvalue weighted by molar-refractivity contribution is 0.242. The Morgan fingerprint density at radius 1 is 1.00 bits per heavy atom. The minimum Gasteiger partial charge on any atom is -0.491 e. The summed E-state index contributed by atoms with van der Waals surface area (Å²) in [4.78, 5) is 22.2. The van der Waals surface area contributed by atoms with E-state index in [9.17, 15) is 9.59 Å². The summed E-state index contributed by atoms with van der Waals surface area (Å²) in [6, 6.07) is 9.22. The lowest BCUT2D eigenvalue weighted by atomic mass is 10.1. The standard InChI is InChI=1S/C15H18N2O3.C3H8/c1-10(2)20-13-7-4-11(5-8-13)3-6-12-9-14(18)15(19)17-16-12;1-3-2/h4-5,7-10H,3,6H2,1-2H3,(H,16,18)(H,17,19);3H2,1-2H3. The van der Waals surface area contributed by atoms with Gasteiger partial charge in [-0.3, -0.25) is 14.7 Å². The molecule has 2 rings (SSSR count). The molecular formula is C18H26N2O3. The molecule has 0 spiro atoms. The van der Waals surface area contributed by atoms with Crippen molar-refractivity contribution >= 4 is 0 Å². The number of hydrogen-bond acceptors (Lipinski definition) is 3. The third-order valence-electron chi connectivity index (χ3n) is 2.84. The van der Waals surface area contributed by atoms with Gasteiger partial charge in [-0.05, 0) is 44.4 Å². The Kier molecular flexibility index (Phi) is 7.88. The highest BCUT2D eigenvalue weighted by Crippen LogP contribution is 2.14. The smallest absolute Gasteiger partial charge is 0.310 e. The van der Waals surface area contributed by atoms with Crippen LogP contribution in [-0.4, -0.2) is 16.3 Å². The molecule has 2 N–H and O–H groups in total. The van der Waals surface area contributed by atoms with Crippen LogP contribution in [0, 0.1) is 0 Å². The van der Waals surface area contributed by atoms with Crippen molar-refractivity contribution in [2.24, 2.45) is 0 Å². The van der Waals surface area contributed by atoms with Crippen LogP contribution in [0.5, 0.6) is 5.75 Å². The lowest BCUT2D eigenvalue weighted by Gasteiger charge is -2.10.